The SMILES string of the molecule is CCOc1cc(C)c(CC(C)=O)cc1Cl. The summed E-state index contributed by atoms with van der Waals surface area (Å²) < 4.78 is 5.36. The Hall–Kier alpha value is -1.02. The van der Waals surface area contributed by atoms with Gasteiger partial charge >= 0.3 is 0 Å². The fourth-order valence-electron chi connectivity index (χ4n) is 1.42. The molecule has 3 heteroatoms. The number of halogens is 1. The number of carbonyl (C=O) groups excluding carboxylic acids is 1. The van der Waals surface area contributed by atoms with Gasteiger partial charge in [0.1, 0.15) is 11.5 Å². The number of ether oxygens (including phenoxy) is 1. The fourth-order valence-corrected chi connectivity index (χ4v) is 1.66. The molecule has 15 heavy (non-hydrogen) atoms. The third-order valence-corrected chi connectivity index (χ3v) is 2.43. The molecule has 0 saturated heterocycles. The Bertz CT molecular complexity index is 372. The van der Waals surface area contributed by atoms with Gasteiger partial charge in [-0.05, 0) is 44.0 Å². The second kappa shape index (κ2) is 5.17. The van der Waals surface area contributed by atoms with Crippen molar-refractivity contribution < 1.29 is 9.53 Å². The predicted molar refractivity (Wildman–Crippen MR) is 61.7 cm³/mol. The van der Waals surface area contributed by atoms with Crippen LogP contribution in [0, 0.1) is 6.92 Å². The van der Waals surface area contributed by atoms with Crippen molar-refractivity contribution in [3.8, 4) is 5.75 Å². The maximum absolute atomic E-state index is 11.0. The first kappa shape index (κ1) is 12.1. The Kier molecular flexibility index (Phi) is 4.15. The number of hydrogen-bond acceptors (Lipinski definition) is 2. The van der Waals surface area contributed by atoms with Gasteiger partial charge in [0, 0.05) is 6.42 Å². The molecule has 1 aromatic rings. The number of benzene rings is 1. The monoisotopic (exact) mass is 226 g/mol. The number of ketones is 1. The zero-order chi connectivity index (χ0) is 11.4. The Balaban J connectivity index is 3.02. The minimum Gasteiger partial charge on any atom is -0.492 e. The van der Waals surface area contributed by atoms with E-state index in [2.05, 4.69) is 0 Å². The van der Waals surface area contributed by atoms with Gasteiger partial charge in [0.25, 0.3) is 0 Å². The van der Waals surface area contributed by atoms with E-state index in [9.17, 15) is 4.79 Å². The maximum atomic E-state index is 11.0. The van der Waals surface area contributed by atoms with Gasteiger partial charge < -0.3 is 4.74 Å². The third kappa shape index (κ3) is 3.24. The first-order valence-corrected chi connectivity index (χ1v) is 5.33. The molecule has 0 heterocycles. The highest BCUT2D eigenvalue weighted by Gasteiger charge is 2.08. The van der Waals surface area contributed by atoms with Gasteiger partial charge in [-0.1, -0.05) is 11.6 Å². The van der Waals surface area contributed by atoms with Gasteiger partial charge in [-0.25, -0.2) is 0 Å². The summed E-state index contributed by atoms with van der Waals surface area (Å²) in [6.45, 7) is 6.03. The van der Waals surface area contributed by atoms with Crippen LogP contribution >= 0.6 is 11.6 Å². The second-order valence-corrected chi connectivity index (χ2v) is 3.93. The van der Waals surface area contributed by atoms with Crippen LogP contribution in [-0.4, -0.2) is 12.4 Å². The number of aryl methyl sites for hydroxylation is 1. The van der Waals surface area contributed by atoms with Crippen LogP contribution in [0.25, 0.3) is 0 Å². The van der Waals surface area contributed by atoms with Gasteiger partial charge in [-0.3, -0.25) is 4.79 Å². The van der Waals surface area contributed by atoms with Gasteiger partial charge in [0.05, 0.1) is 11.6 Å². The Morgan fingerprint density at radius 3 is 2.67 bits per heavy atom. The van der Waals surface area contributed by atoms with Crippen molar-refractivity contribution in [2.24, 2.45) is 0 Å². The molecule has 0 bridgehead atoms. The molecule has 0 spiro atoms. The van der Waals surface area contributed by atoms with Crippen LogP contribution in [0.4, 0.5) is 0 Å². The highest BCUT2D eigenvalue weighted by molar-refractivity contribution is 6.32. The van der Waals surface area contributed by atoms with Crippen molar-refractivity contribution >= 4 is 17.4 Å². The summed E-state index contributed by atoms with van der Waals surface area (Å²) in [7, 11) is 0. The van der Waals surface area contributed by atoms with E-state index in [1.807, 2.05) is 26.0 Å². The largest absolute Gasteiger partial charge is 0.492 e. The lowest BCUT2D eigenvalue weighted by molar-refractivity contribution is -0.116. The molecule has 2 nitrogen and oxygen atoms in total. The first-order valence-electron chi connectivity index (χ1n) is 4.95. The van der Waals surface area contributed by atoms with Crippen LogP contribution in [0.1, 0.15) is 25.0 Å². The van der Waals surface area contributed by atoms with E-state index in [1.54, 1.807) is 6.92 Å². The molecule has 0 N–H and O–H groups in total. The van der Waals surface area contributed by atoms with Crippen molar-refractivity contribution in [3.63, 3.8) is 0 Å². The number of Topliss-reactive ketones (excluding diaryl/α,β-unsaturated/α-hetero) is 1. The van der Waals surface area contributed by atoms with E-state index in [0.29, 0.717) is 23.8 Å². The second-order valence-electron chi connectivity index (χ2n) is 3.52. The van der Waals surface area contributed by atoms with E-state index in [-0.39, 0.29) is 5.78 Å². The van der Waals surface area contributed by atoms with Crippen molar-refractivity contribution in [3.05, 3.63) is 28.3 Å². The number of carbonyl (C=O) groups is 1. The van der Waals surface area contributed by atoms with Crippen LogP contribution in [-0.2, 0) is 11.2 Å². The quantitative estimate of drug-likeness (QED) is 0.788. The molecule has 0 aliphatic carbocycles. The van der Waals surface area contributed by atoms with Crippen molar-refractivity contribution in [1.82, 2.24) is 0 Å². The molecule has 82 valence electrons. The van der Waals surface area contributed by atoms with E-state index in [1.165, 1.54) is 0 Å². The molecular formula is C12H15ClO2. The third-order valence-electron chi connectivity index (χ3n) is 2.13. The molecule has 0 aliphatic heterocycles. The lowest BCUT2D eigenvalue weighted by Gasteiger charge is -2.10. The number of hydrogen-bond donors (Lipinski definition) is 0. The summed E-state index contributed by atoms with van der Waals surface area (Å²) in [6, 6.07) is 3.69. The summed E-state index contributed by atoms with van der Waals surface area (Å²) in [5, 5.41) is 0.568. The number of rotatable bonds is 4. The summed E-state index contributed by atoms with van der Waals surface area (Å²) >= 11 is 6.03. The van der Waals surface area contributed by atoms with Gasteiger partial charge in [0.15, 0.2) is 0 Å². The lowest BCUT2D eigenvalue weighted by Crippen LogP contribution is -2.00. The van der Waals surface area contributed by atoms with Crippen LogP contribution < -0.4 is 4.74 Å². The Morgan fingerprint density at radius 2 is 2.13 bits per heavy atom. The van der Waals surface area contributed by atoms with E-state index in [0.717, 1.165) is 11.1 Å². The van der Waals surface area contributed by atoms with E-state index in [4.69, 9.17) is 16.3 Å². The molecule has 0 aromatic heterocycles. The molecule has 1 rings (SSSR count). The minimum absolute atomic E-state index is 0.137. The van der Waals surface area contributed by atoms with E-state index >= 15 is 0 Å². The maximum Gasteiger partial charge on any atom is 0.138 e. The predicted octanol–water partition coefficient (Wildman–Crippen LogP) is 3.18. The zero-order valence-corrected chi connectivity index (χ0v) is 10.0. The van der Waals surface area contributed by atoms with E-state index < -0.39 is 0 Å². The standard InChI is InChI=1S/C12H15ClO2/c1-4-15-12-5-8(2)10(6-9(3)14)7-11(12)13/h5,7H,4,6H2,1-3H3. The molecule has 0 saturated carbocycles. The molecule has 0 fully saturated rings. The Labute approximate surface area is 95.2 Å². The van der Waals surface area contributed by atoms with Crippen LogP contribution in [0.3, 0.4) is 0 Å². The summed E-state index contributed by atoms with van der Waals surface area (Å²) in [5.74, 6) is 0.822. The summed E-state index contributed by atoms with van der Waals surface area (Å²) in [4.78, 5) is 11.0. The molecular weight excluding hydrogens is 212 g/mol. The van der Waals surface area contributed by atoms with Gasteiger partial charge in [0.2, 0.25) is 0 Å². The van der Waals surface area contributed by atoms with Crippen molar-refractivity contribution in [1.29, 1.82) is 0 Å². The minimum atomic E-state index is 0.137. The van der Waals surface area contributed by atoms with Crippen molar-refractivity contribution in [2.75, 3.05) is 6.61 Å². The Morgan fingerprint density at radius 1 is 1.47 bits per heavy atom. The normalized spacial score (nSPS) is 10.1. The zero-order valence-electron chi connectivity index (χ0n) is 9.26. The average molecular weight is 227 g/mol. The smallest absolute Gasteiger partial charge is 0.138 e. The van der Waals surface area contributed by atoms with Gasteiger partial charge in [-0.15, -0.1) is 0 Å². The highest BCUT2D eigenvalue weighted by atomic mass is 35.5. The molecule has 1 aromatic carbocycles. The summed E-state index contributed by atoms with van der Waals surface area (Å²) in [5.41, 5.74) is 2.01. The lowest BCUT2D eigenvalue weighted by atomic mass is 10.0. The highest BCUT2D eigenvalue weighted by Crippen LogP contribution is 2.28. The molecule has 0 radical (unpaired) electrons. The first-order chi connectivity index (χ1) is 7.04. The average Bonchev–Trinajstić information content (AvgIpc) is 2.13. The van der Waals surface area contributed by atoms with Crippen LogP contribution in [0.15, 0.2) is 12.1 Å². The van der Waals surface area contributed by atoms with Crippen LogP contribution in [0.2, 0.25) is 5.02 Å². The van der Waals surface area contributed by atoms with Crippen LogP contribution in [0.5, 0.6) is 5.75 Å². The molecule has 0 unspecified atom stereocenters. The van der Waals surface area contributed by atoms with Crippen molar-refractivity contribution in [2.45, 2.75) is 27.2 Å². The molecule has 0 aliphatic rings. The molecule has 0 amide bonds. The fraction of sp³-hybridized carbons (Fsp3) is 0.417. The van der Waals surface area contributed by atoms with Gasteiger partial charge in [-0.2, -0.15) is 0 Å². The summed E-state index contributed by atoms with van der Waals surface area (Å²) in [6.07, 6.45) is 0.429. The topological polar surface area (TPSA) is 26.3 Å². The molecule has 0 atom stereocenters.